The number of benzene rings is 1. The molecule has 3 N–H and O–H groups in total. The molecule has 1 aliphatic rings. The van der Waals surface area contributed by atoms with Gasteiger partial charge in [0.1, 0.15) is 0 Å². The van der Waals surface area contributed by atoms with Crippen LogP contribution in [-0.4, -0.2) is 14.5 Å². The highest BCUT2D eigenvalue weighted by atomic mass is 32.2. The first-order chi connectivity index (χ1) is 9.48. The monoisotopic (exact) mass is 296 g/mol. The lowest BCUT2D eigenvalue weighted by Gasteiger charge is -2.26. The van der Waals surface area contributed by atoms with Crippen molar-refractivity contribution in [1.82, 2.24) is 4.72 Å². The van der Waals surface area contributed by atoms with E-state index < -0.39 is 10.0 Å². The first-order valence-electron chi connectivity index (χ1n) is 7.26. The summed E-state index contributed by atoms with van der Waals surface area (Å²) >= 11 is 0. The second-order valence-electron chi connectivity index (χ2n) is 5.86. The van der Waals surface area contributed by atoms with E-state index >= 15 is 0 Å². The second-order valence-corrected chi connectivity index (χ2v) is 7.61. The predicted molar refractivity (Wildman–Crippen MR) is 81.5 cm³/mol. The molecule has 1 fully saturated rings. The maximum atomic E-state index is 12.2. The molecule has 1 aliphatic carbocycles. The molecule has 4 nitrogen and oxygen atoms in total. The molecule has 1 saturated carbocycles. The molecule has 0 heterocycles. The van der Waals surface area contributed by atoms with E-state index in [4.69, 9.17) is 5.73 Å². The number of rotatable bonds is 5. The van der Waals surface area contributed by atoms with Crippen LogP contribution in [0.3, 0.4) is 0 Å². The summed E-state index contributed by atoms with van der Waals surface area (Å²) in [6.07, 6.45) is 4.11. The van der Waals surface area contributed by atoms with Gasteiger partial charge >= 0.3 is 0 Å². The molecular formula is C15H24N2O2S. The van der Waals surface area contributed by atoms with Crippen LogP contribution in [0.25, 0.3) is 0 Å². The normalized spacial score (nSPS) is 23.7. The minimum Gasteiger partial charge on any atom is -0.326 e. The molecule has 1 aromatic rings. The Balaban J connectivity index is 1.96. The maximum Gasteiger partial charge on any atom is 0.216 e. The quantitative estimate of drug-likeness (QED) is 0.874. The van der Waals surface area contributed by atoms with Crippen LogP contribution in [0.5, 0.6) is 0 Å². The summed E-state index contributed by atoms with van der Waals surface area (Å²) in [5, 5.41) is 0. The molecule has 0 spiro atoms. The SMILES string of the molecule is CC1CCC(NS(=O)(=O)Cc2cccc(CN)c2)CC1. The highest BCUT2D eigenvalue weighted by molar-refractivity contribution is 7.88. The van der Waals surface area contributed by atoms with Crippen LogP contribution in [0.15, 0.2) is 24.3 Å². The molecule has 0 saturated heterocycles. The van der Waals surface area contributed by atoms with Gasteiger partial charge in [0.2, 0.25) is 10.0 Å². The van der Waals surface area contributed by atoms with Crippen LogP contribution >= 0.6 is 0 Å². The fourth-order valence-electron chi connectivity index (χ4n) is 2.74. The van der Waals surface area contributed by atoms with Gasteiger partial charge in [0, 0.05) is 12.6 Å². The van der Waals surface area contributed by atoms with Crippen LogP contribution in [0.2, 0.25) is 0 Å². The van der Waals surface area contributed by atoms with Crippen molar-refractivity contribution in [3.05, 3.63) is 35.4 Å². The van der Waals surface area contributed by atoms with E-state index in [2.05, 4.69) is 11.6 Å². The molecule has 2 rings (SSSR count). The van der Waals surface area contributed by atoms with Crippen LogP contribution in [0.1, 0.15) is 43.7 Å². The second kappa shape index (κ2) is 6.70. The molecule has 0 bridgehead atoms. The van der Waals surface area contributed by atoms with Gasteiger partial charge in [0.25, 0.3) is 0 Å². The average molecular weight is 296 g/mol. The van der Waals surface area contributed by atoms with Crippen molar-refractivity contribution in [3.8, 4) is 0 Å². The minimum atomic E-state index is -3.27. The summed E-state index contributed by atoms with van der Waals surface area (Å²) in [6, 6.07) is 7.57. The summed E-state index contributed by atoms with van der Waals surface area (Å²) < 4.78 is 27.3. The molecule has 0 atom stereocenters. The number of nitrogens with one attached hydrogen (secondary N) is 1. The summed E-state index contributed by atoms with van der Waals surface area (Å²) in [4.78, 5) is 0. The summed E-state index contributed by atoms with van der Waals surface area (Å²) in [5.41, 5.74) is 7.34. The Morgan fingerprint density at radius 2 is 1.85 bits per heavy atom. The zero-order valence-electron chi connectivity index (χ0n) is 12.0. The van der Waals surface area contributed by atoms with Crippen molar-refractivity contribution < 1.29 is 8.42 Å². The van der Waals surface area contributed by atoms with Crippen molar-refractivity contribution in [3.63, 3.8) is 0 Å². The minimum absolute atomic E-state index is 0.0346. The molecule has 1 aromatic carbocycles. The fourth-order valence-corrected chi connectivity index (χ4v) is 4.18. The Kier molecular flexibility index (Phi) is 5.18. The van der Waals surface area contributed by atoms with Gasteiger partial charge in [0.05, 0.1) is 5.75 Å². The number of hydrogen-bond acceptors (Lipinski definition) is 3. The molecule has 0 aliphatic heterocycles. The van der Waals surface area contributed by atoms with Gasteiger partial charge in [-0.2, -0.15) is 0 Å². The molecule has 112 valence electrons. The van der Waals surface area contributed by atoms with E-state index in [1.807, 2.05) is 24.3 Å². The maximum absolute atomic E-state index is 12.2. The Hall–Kier alpha value is -0.910. The van der Waals surface area contributed by atoms with Crippen molar-refractivity contribution in [2.75, 3.05) is 0 Å². The lowest BCUT2D eigenvalue weighted by Crippen LogP contribution is -2.38. The molecule has 0 radical (unpaired) electrons. The number of sulfonamides is 1. The third-order valence-corrected chi connectivity index (χ3v) is 5.35. The third kappa shape index (κ3) is 4.58. The molecule has 0 aromatic heterocycles. The molecule has 20 heavy (non-hydrogen) atoms. The zero-order valence-corrected chi connectivity index (χ0v) is 12.8. The van der Waals surface area contributed by atoms with Crippen molar-refractivity contribution in [2.24, 2.45) is 11.7 Å². The predicted octanol–water partition coefficient (Wildman–Crippen LogP) is 2.14. The first-order valence-corrected chi connectivity index (χ1v) is 8.91. The standard InChI is InChI=1S/C15H24N2O2S/c1-12-5-7-15(8-6-12)17-20(18,19)11-14-4-2-3-13(9-14)10-16/h2-4,9,12,15,17H,5-8,10-11,16H2,1H3. The summed E-state index contributed by atoms with van der Waals surface area (Å²) in [7, 11) is -3.27. The topological polar surface area (TPSA) is 72.2 Å². The van der Waals surface area contributed by atoms with Gasteiger partial charge in [-0.3, -0.25) is 0 Å². The van der Waals surface area contributed by atoms with Crippen LogP contribution in [0, 0.1) is 5.92 Å². The Labute approximate surface area is 121 Å². The fraction of sp³-hybridized carbons (Fsp3) is 0.600. The highest BCUT2D eigenvalue weighted by Crippen LogP contribution is 2.24. The molecule has 0 amide bonds. The smallest absolute Gasteiger partial charge is 0.216 e. The van der Waals surface area contributed by atoms with Crippen LogP contribution < -0.4 is 10.5 Å². The van der Waals surface area contributed by atoms with Crippen molar-refractivity contribution in [1.29, 1.82) is 0 Å². The number of nitrogens with two attached hydrogens (primary N) is 1. The van der Waals surface area contributed by atoms with Gasteiger partial charge in [-0.25, -0.2) is 13.1 Å². The lowest BCUT2D eigenvalue weighted by atomic mass is 9.88. The van der Waals surface area contributed by atoms with Crippen molar-refractivity contribution in [2.45, 2.75) is 50.9 Å². The first kappa shape index (κ1) is 15.5. The van der Waals surface area contributed by atoms with Gasteiger partial charge in [-0.15, -0.1) is 0 Å². The Morgan fingerprint density at radius 1 is 1.20 bits per heavy atom. The molecule has 5 heteroatoms. The Bertz CT molecular complexity index is 535. The van der Waals surface area contributed by atoms with E-state index in [-0.39, 0.29) is 11.8 Å². The van der Waals surface area contributed by atoms with Gasteiger partial charge in [0.15, 0.2) is 0 Å². The molecule has 0 unspecified atom stereocenters. The van der Waals surface area contributed by atoms with Gasteiger partial charge in [-0.05, 0) is 42.7 Å². The van der Waals surface area contributed by atoms with Crippen LogP contribution in [-0.2, 0) is 22.3 Å². The van der Waals surface area contributed by atoms with E-state index in [9.17, 15) is 8.42 Å². The lowest BCUT2D eigenvalue weighted by molar-refractivity contribution is 0.332. The average Bonchev–Trinajstić information content (AvgIpc) is 2.41. The van der Waals surface area contributed by atoms with E-state index in [0.717, 1.165) is 42.7 Å². The largest absolute Gasteiger partial charge is 0.326 e. The van der Waals surface area contributed by atoms with E-state index in [1.54, 1.807) is 0 Å². The van der Waals surface area contributed by atoms with Gasteiger partial charge in [-0.1, -0.05) is 31.2 Å². The van der Waals surface area contributed by atoms with E-state index in [1.165, 1.54) is 0 Å². The van der Waals surface area contributed by atoms with Gasteiger partial charge < -0.3 is 5.73 Å². The Morgan fingerprint density at radius 3 is 2.50 bits per heavy atom. The molecular weight excluding hydrogens is 272 g/mol. The van der Waals surface area contributed by atoms with Crippen LogP contribution in [0.4, 0.5) is 0 Å². The van der Waals surface area contributed by atoms with Crippen molar-refractivity contribution >= 4 is 10.0 Å². The zero-order chi connectivity index (χ0) is 14.6. The van der Waals surface area contributed by atoms with E-state index in [0.29, 0.717) is 6.54 Å². The summed E-state index contributed by atoms with van der Waals surface area (Å²) in [5.74, 6) is 0.754. The number of hydrogen-bond donors (Lipinski definition) is 2. The summed E-state index contributed by atoms with van der Waals surface area (Å²) in [6.45, 7) is 2.66. The third-order valence-electron chi connectivity index (χ3n) is 3.95. The highest BCUT2D eigenvalue weighted by Gasteiger charge is 2.23.